The molecule has 0 saturated heterocycles. The molecule has 1 aromatic rings. The van der Waals surface area contributed by atoms with E-state index >= 15 is 0 Å². The van der Waals surface area contributed by atoms with Crippen LogP contribution in [-0.2, 0) is 11.3 Å². The lowest BCUT2D eigenvalue weighted by Gasteiger charge is -2.17. The first-order valence-electron chi connectivity index (χ1n) is 4.70. The summed E-state index contributed by atoms with van der Waals surface area (Å²) in [7, 11) is 3.09. The van der Waals surface area contributed by atoms with Crippen LogP contribution < -0.4 is 4.74 Å². The van der Waals surface area contributed by atoms with Crippen molar-refractivity contribution >= 4 is 17.5 Å². The third-order valence-corrected chi connectivity index (χ3v) is 2.43. The highest BCUT2D eigenvalue weighted by Gasteiger charge is 2.11. The molecule has 0 aliphatic carbocycles. The number of carbonyl (C=O) groups excluding carboxylic acids is 1. The number of halogens is 2. The lowest BCUT2D eigenvalue weighted by atomic mass is 10.2. The molecule has 1 rings (SSSR count). The molecule has 3 nitrogen and oxygen atoms in total. The molecular weight excluding hydrogens is 233 g/mol. The first-order valence-corrected chi connectivity index (χ1v) is 5.24. The molecule has 0 spiro atoms. The topological polar surface area (TPSA) is 29.5 Å². The molecule has 0 atom stereocenters. The zero-order chi connectivity index (χ0) is 12.1. The summed E-state index contributed by atoms with van der Waals surface area (Å²) in [5.74, 6) is -0.200. The molecule has 0 heterocycles. The number of nitrogens with zero attached hydrogens (tertiary/aromatic N) is 1. The van der Waals surface area contributed by atoms with Crippen molar-refractivity contribution in [3.63, 3.8) is 0 Å². The summed E-state index contributed by atoms with van der Waals surface area (Å²) in [5, 5.41) is 0. The van der Waals surface area contributed by atoms with Crippen LogP contribution in [0.25, 0.3) is 0 Å². The molecule has 0 N–H and O–H groups in total. The predicted octanol–water partition coefficient (Wildman–Crippen LogP) is 2.03. The van der Waals surface area contributed by atoms with E-state index in [1.165, 1.54) is 24.1 Å². The third-order valence-electron chi connectivity index (χ3n) is 2.20. The molecule has 1 aromatic carbocycles. The maximum Gasteiger partial charge on any atom is 0.237 e. The van der Waals surface area contributed by atoms with Crippen LogP contribution in [0.5, 0.6) is 5.75 Å². The second-order valence-electron chi connectivity index (χ2n) is 3.34. The van der Waals surface area contributed by atoms with Crippen molar-refractivity contribution in [3.05, 3.63) is 29.6 Å². The molecule has 5 heteroatoms. The molecule has 88 valence electrons. The summed E-state index contributed by atoms with van der Waals surface area (Å²) < 4.78 is 17.9. The highest BCUT2D eigenvalue weighted by atomic mass is 35.5. The van der Waals surface area contributed by atoms with Crippen molar-refractivity contribution in [2.24, 2.45) is 0 Å². The minimum atomic E-state index is -0.369. The van der Waals surface area contributed by atoms with E-state index in [9.17, 15) is 9.18 Å². The summed E-state index contributed by atoms with van der Waals surface area (Å²) in [4.78, 5) is 12.7. The Morgan fingerprint density at radius 1 is 1.56 bits per heavy atom. The number of amides is 1. The van der Waals surface area contributed by atoms with Gasteiger partial charge in [-0.25, -0.2) is 4.39 Å². The van der Waals surface area contributed by atoms with Gasteiger partial charge in [-0.1, -0.05) is 6.07 Å². The number of hydrogen-bond donors (Lipinski definition) is 0. The van der Waals surface area contributed by atoms with E-state index in [0.29, 0.717) is 12.3 Å². The van der Waals surface area contributed by atoms with Gasteiger partial charge >= 0.3 is 0 Å². The molecule has 16 heavy (non-hydrogen) atoms. The number of benzene rings is 1. The molecule has 1 amide bonds. The third kappa shape index (κ3) is 3.10. The predicted molar refractivity (Wildman–Crippen MR) is 60.1 cm³/mol. The van der Waals surface area contributed by atoms with Crippen LogP contribution in [0.3, 0.4) is 0 Å². The van der Waals surface area contributed by atoms with Crippen molar-refractivity contribution in [2.75, 3.05) is 20.0 Å². The van der Waals surface area contributed by atoms with Gasteiger partial charge < -0.3 is 9.64 Å². The fourth-order valence-corrected chi connectivity index (χ4v) is 1.50. The molecule has 0 fully saturated rings. The molecule has 0 aliphatic rings. The summed E-state index contributed by atoms with van der Waals surface area (Å²) in [5.41, 5.74) is 0.741. The van der Waals surface area contributed by atoms with Crippen molar-refractivity contribution < 1.29 is 13.9 Å². The van der Waals surface area contributed by atoms with Crippen molar-refractivity contribution in [2.45, 2.75) is 6.54 Å². The Balaban J connectivity index is 2.84. The van der Waals surface area contributed by atoms with Gasteiger partial charge in [0.15, 0.2) is 0 Å². The van der Waals surface area contributed by atoms with Crippen LogP contribution in [0.15, 0.2) is 18.2 Å². The Kier molecular flexibility index (Phi) is 4.55. The smallest absolute Gasteiger partial charge is 0.237 e. The number of hydrogen-bond acceptors (Lipinski definition) is 2. The standard InChI is InChI=1S/C11H13ClFNO2/c1-14(11(15)6-12)7-8-3-4-9(13)5-10(8)16-2/h3-5H,6-7H2,1-2H3. The van der Waals surface area contributed by atoms with E-state index in [1.807, 2.05) is 0 Å². The van der Waals surface area contributed by atoms with Crippen LogP contribution in [-0.4, -0.2) is 30.8 Å². The fraction of sp³-hybridized carbons (Fsp3) is 0.364. The highest BCUT2D eigenvalue weighted by molar-refractivity contribution is 6.27. The molecule has 0 radical (unpaired) electrons. The fourth-order valence-electron chi connectivity index (χ4n) is 1.29. The van der Waals surface area contributed by atoms with E-state index in [-0.39, 0.29) is 17.6 Å². The lowest BCUT2D eigenvalue weighted by molar-refractivity contribution is -0.127. The molecule has 0 aromatic heterocycles. The summed E-state index contributed by atoms with van der Waals surface area (Å²) in [6.45, 7) is 0.342. The summed E-state index contributed by atoms with van der Waals surface area (Å²) in [6, 6.07) is 4.21. The average molecular weight is 246 g/mol. The summed E-state index contributed by atoms with van der Waals surface area (Å²) in [6.07, 6.45) is 0. The zero-order valence-electron chi connectivity index (χ0n) is 9.17. The molecular formula is C11H13ClFNO2. The van der Waals surface area contributed by atoms with E-state index < -0.39 is 0 Å². The Morgan fingerprint density at radius 2 is 2.25 bits per heavy atom. The number of rotatable bonds is 4. The van der Waals surface area contributed by atoms with Crippen LogP contribution in [0.1, 0.15) is 5.56 Å². The Labute approximate surface area is 98.8 Å². The van der Waals surface area contributed by atoms with Gasteiger partial charge in [0.1, 0.15) is 17.4 Å². The van der Waals surface area contributed by atoms with Gasteiger partial charge in [0.2, 0.25) is 5.91 Å². The first-order chi connectivity index (χ1) is 7.58. The number of methoxy groups -OCH3 is 1. The molecule has 0 bridgehead atoms. The van der Waals surface area contributed by atoms with Gasteiger partial charge in [-0.3, -0.25) is 4.79 Å². The van der Waals surface area contributed by atoms with Gasteiger partial charge in [-0.05, 0) is 6.07 Å². The first kappa shape index (κ1) is 12.8. The molecule has 0 saturated carbocycles. The van der Waals surface area contributed by atoms with Gasteiger partial charge in [0.25, 0.3) is 0 Å². The van der Waals surface area contributed by atoms with E-state index in [0.717, 1.165) is 5.56 Å². The second kappa shape index (κ2) is 5.70. The largest absolute Gasteiger partial charge is 0.496 e. The van der Waals surface area contributed by atoms with Gasteiger partial charge in [0, 0.05) is 25.2 Å². The molecule has 0 unspecified atom stereocenters. The Bertz CT molecular complexity index is 384. The van der Waals surface area contributed by atoms with Crippen LogP contribution in [0, 0.1) is 5.82 Å². The maximum atomic E-state index is 12.9. The van der Waals surface area contributed by atoms with Crippen molar-refractivity contribution in [1.29, 1.82) is 0 Å². The number of carbonyl (C=O) groups is 1. The van der Waals surface area contributed by atoms with E-state index in [4.69, 9.17) is 16.3 Å². The highest BCUT2D eigenvalue weighted by Crippen LogP contribution is 2.20. The van der Waals surface area contributed by atoms with Gasteiger partial charge in [0.05, 0.1) is 7.11 Å². The quantitative estimate of drug-likeness (QED) is 0.760. The minimum absolute atomic E-state index is 0.0694. The summed E-state index contributed by atoms with van der Waals surface area (Å²) >= 11 is 5.43. The molecule has 0 aliphatic heterocycles. The van der Waals surface area contributed by atoms with Crippen LogP contribution >= 0.6 is 11.6 Å². The van der Waals surface area contributed by atoms with E-state index in [2.05, 4.69) is 0 Å². The van der Waals surface area contributed by atoms with Crippen molar-refractivity contribution in [3.8, 4) is 5.75 Å². The lowest BCUT2D eigenvalue weighted by Crippen LogP contribution is -2.27. The minimum Gasteiger partial charge on any atom is -0.496 e. The number of ether oxygens (including phenoxy) is 1. The SMILES string of the molecule is COc1cc(F)ccc1CN(C)C(=O)CCl. The van der Waals surface area contributed by atoms with Gasteiger partial charge in [-0.15, -0.1) is 11.6 Å². The average Bonchev–Trinajstić information content (AvgIpc) is 2.30. The maximum absolute atomic E-state index is 12.9. The van der Waals surface area contributed by atoms with Crippen LogP contribution in [0.4, 0.5) is 4.39 Å². The Hall–Kier alpha value is -1.29. The monoisotopic (exact) mass is 245 g/mol. The van der Waals surface area contributed by atoms with Crippen LogP contribution in [0.2, 0.25) is 0 Å². The van der Waals surface area contributed by atoms with Crippen molar-refractivity contribution in [1.82, 2.24) is 4.90 Å². The second-order valence-corrected chi connectivity index (χ2v) is 3.61. The number of alkyl halides is 1. The van der Waals surface area contributed by atoms with E-state index in [1.54, 1.807) is 13.1 Å². The van der Waals surface area contributed by atoms with Gasteiger partial charge in [-0.2, -0.15) is 0 Å². The zero-order valence-corrected chi connectivity index (χ0v) is 9.92. The Morgan fingerprint density at radius 3 is 2.81 bits per heavy atom. The normalized spacial score (nSPS) is 10.0.